The zero-order chi connectivity index (χ0) is 20.2. The number of fused-ring (bicyclic) bond motifs is 1. The number of carbonyl (C=O) groups is 1. The van der Waals surface area contributed by atoms with Crippen LogP contribution in [0.25, 0.3) is 0 Å². The number of likely N-dealkylation sites (tertiary alicyclic amines) is 1. The van der Waals surface area contributed by atoms with Crippen molar-refractivity contribution in [2.75, 3.05) is 11.9 Å². The molecule has 1 aromatic rings. The van der Waals surface area contributed by atoms with Crippen molar-refractivity contribution < 1.29 is 4.79 Å². The Kier molecular flexibility index (Phi) is 6.53. The molecule has 1 saturated heterocycles. The van der Waals surface area contributed by atoms with Crippen LogP contribution in [0, 0.1) is 5.92 Å². The summed E-state index contributed by atoms with van der Waals surface area (Å²) in [6.45, 7) is 2.67. The minimum atomic E-state index is 0.0896. The Labute approximate surface area is 175 Å². The van der Waals surface area contributed by atoms with Crippen molar-refractivity contribution >= 4 is 17.4 Å². The summed E-state index contributed by atoms with van der Waals surface area (Å²) in [7, 11) is 0. The second-order valence-corrected chi connectivity index (χ2v) is 9.18. The van der Waals surface area contributed by atoms with Gasteiger partial charge in [-0.05, 0) is 63.5 Å². The molecule has 2 saturated carbocycles. The van der Waals surface area contributed by atoms with Crippen molar-refractivity contribution in [1.82, 2.24) is 4.90 Å². The number of ketones is 1. The van der Waals surface area contributed by atoms with Crippen molar-refractivity contribution in [3.05, 3.63) is 29.8 Å². The fraction of sp³-hybridized carbons (Fsp3) is 0.667. The molecule has 3 aliphatic rings. The van der Waals surface area contributed by atoms with E-state index < -0.39 is 0 Å². The minimum absolute atomic E-state index is 0.0896. The van der Waals surface area contributed by atoms with E-state index in [2.05, 4.69) is 10.2 Å². The molecule has 0 bridgehead atoms. The number of carbonyl (C=O) groups excluding carboxylic acids is 1. The maximum absolute atomic E-state index is 11.8. The number of anilines is 1. The molecule has 158 valence electrons. The lowest BCUT2D eigenvalue weighted by atomic mass is 9.78. The number of piperidine rings is 1. The summed E-state index contributed by atoms with van der Waals surface area (Å²) in [5.74, 6) is 1.85. The van der Waals surface area contributed by atoms with Crippen LogP contribution in [0.3, 0.4) is 0 Å². The first-order chi connectivity index (χ1) is 14.1. The van der Waals surface area contributed by atoms with E-state index in [4.69, 9.17) is 10.7 Å². The first kappa shape index (κ1) is 20.4. The molecule has 1 aromatic carbocycles. The molecule has 3 fully saturated rings. The van der Waals surface area contributed by atoms with Crippen molar-refractivity contribution in [1.29, 1.82) is 0 Å². The number of hydrogen-bond acceptors (Lipinski definition) is 3. The number of nitrogens with zero attached hydrogens (tertiary/aromatic N) is 2. The van der Waals surface area contributed by atoms with Crippen LogP contribution in [0.15, 0.2) is 29.3 Å². The van der Waals surface area contributed by atoms with Crippen LogP contribution in [0.2, 0.25) is 0 Å². The molecule has 5 heteroatoms. The highest BCUT2D eigenvalue weighted by atomic mass is 16.1. The molecular formula is C24H36N4O. The quantitative estimate of drug-likeness (QED) is 0.446. The van der Waals surface area contributed by atoms with Gasteiger partial charge in [-0.1, -0.05) is 37.8 Å². The molecule has 0 aromatic heterocycles. The second-order valence-electron chi connectivity index (χ2n) is 9.18. The maximum Gasteiger partial charge on any atom is 0.199 e. The Hall–Kier alpha value is -1.88. The molecule has 4 rings (SSSR count). The SMILES string of the molecule is CC(=O)c1cccc(NC(=N[C@H]2CCCC[C@@H]2N)N2CCCC3CCCCC32)c1. The van der Waals surface area contributed by atoms with Crippen LogP contribution >= 0.6 is 0 Å². The summed E-state index contributed by atoms with van der Waals surface area (Å²) in [5.41, 5.74) is 8.13. The Bertz CT molecular complexity index is 744. The predicted octanol–water partition coefficient (Wildman–Crippen LogP) is 4.58. The van der Waals surface area contributed by atoms with E-state index >= 15 is 0 Å². The molecule has 2 unspecified atom stereocenters. The summed E-state index contributed by atoms with van der Waals surface area (Å²) in [4.78, 5) is 19.6. The second kappa shape index (κ2) is 9.29. The third-order valence-corrected chi connectivity index (χ3v) is 7.11. The van der Waals surface area contributed by atoms with Crippen molar-refractivity contribution in [3.8, 4) is 0 Å². The number of benzene rings is 1. The standard InChI is InChI=1S/C24H36N4O/c1-17(29)19-9-6-11-20(16-19)26-24(27-22-13-4-3-12-21(22)25)28-15-7-10-18-8-2-5-14-23(18)28/h6,9,11,16,18,21-23H,2-5,7-8,10,12-15,25H2,1H3,(H,26,27)/t18?,21-,22-,23?/m0/s1. The third kappa shape index (κ3) is 4.82. The van der Waals surface area contributed by atoms with Gasteiger partial charge in [-0.2, -0.15) is 0 Å². The van der Waals surface area contributed by atoms with E-state index in [0.717, 1.165) is 42.5 Å². The van der Waals surface area contributed by atoms with E-state index in [-0.39, 0.29) is 17.9 Å². The maximum atomic E-state index is 11.8. The first-order valence-corrected chi connectivity index (χ1v) is 11.6. The molecule has 5 nitrogen and oxygen atoms in total. The van der Waals surface area contributed by atoms with Gasteiger partial charge in [0.2, 0.25) is 0 Å². The molecule has 3 N–H and O–H groups in total. The minimum Gasteiger partial charge on any atom is -0.339 e. The van der Waals surface area contributed by atoms with Gasteiger partial charge in [0.05, 0.1) is 6.04 Å². The molecule has 29 heavy (non-hydrogen) atoms. The highest BCUT2D eigenvalue weighted by molar-refractivity contribution is 5.98. The van der Waals surface area contributed by atoms with Gasteiger partial charge in [0.25, 0.3) is 0 Å². The van der Waals surface area contributed by atoms with Gasteiger partial charge < -0.3 is 16.0 Å². The fourth-order valence-electron chi connectivity index (χ4n) is 5.47. The van der Waals surface area contributed by atoms with Crippen LogP contribution < -0.4 is 11.1 Å². The number of rotatable bonds is 3. The highest BCUT2D eigenvalue weighted by Gasteiger charge is 2.35. The lowest BCUT2D eigenvalue weighted by Gasteiger charge is -2.46. The Morgan fingerprint density at radius 3 is 2.66 bits per heavy atom. The van der Waals surface area contributed by atoms with E-state index in [1.165, 1.54) is 51.4 Å². The zero-order valence-electron chi connectivity index (χ0n) is 17.8. The van der Waals surface area contributed by atoms with Crippen molar-refractivity contribution in [2.45, 2.75) is 89.3 Å². The lowest BCUT2D eigenvalue weighted by molar-refractivity contribution is 0.101. The summed E-state index contributed by atoms with van der Waals surface area (Å²) >= 11 is 0. The molecule has 1 aliphatic heterocycles. The fourth-order valence-corrected chi connectivity index (χ4v) is 5.47. The van der Waals surface area contributed by atoms with E-state index in [1.54, 1.807) is 6.92 Å². The smallest absolute Gasteiger partial charge is 0.199 e. The van der Waals surface area contributed by atoms with E-state index in [0.29, 0.717) is 6.04 Å². The number of hydrogen-bond donors (Lipinski definition) is 2. The molecule has 4 atom stereocenters. The van der Waals surface area contributed by atoms with Crippen LogP contribution in [-0.4, -0.2) is 41.3 Å². The van der Waals surface area contributed by atoms with Crippen LogP contribution in [0.5, 0.6) is 0 Å². The predicted molar refractivity (Wildman–Crippen MR) is 119 cm³/mol. The average molecular weight is 397 g/mol. The molecule has 0 radical (unpaired) electrons. The number of aliphatic imine (C=N–C) groups is 1. The van der Waals surface area contributed by atoms with Crippen molar-refractivity contribution in [3.63, 3.8) is 0 Å². The van der Waals surface area contributed by atoms with Crippen LogP contribution in [0.1, 0.15) is 81.5 Å². The topological polar surface area (TPSA) is 70.7 Å². The van der Waals surface area contributed by atoms with Gasteiger partial charge in [0, 0.05) is 29.9 Å². The molecular weight excluding hydrogens is 360 g/mol. The Morgan fingerprint density at radius 1 is 1.07 bits per heavy atom. The average Bonchev–Trinajstić information content (AvgIpc) is 2.74. The van der Waals surface area contributed by atoms with Gasteiger partial charge in [0.1, 0.15) is 0 Å². The van der Waals surface area contributed by atoms with Gasteiger partial charge >= 0.3 is 0 Å². The number of Topliss-reactive ketones (excluding diaryl/α,β-unsaturated/α-hetero) is 1. The van der Waals surface area contributed by atoms with Gasteiger partial charge in [0.15, 0.2) is 11.7 Å². The van der Waals surface area contributed by atoms with Crippen molar-refractivity contribution in [2.24, 2.45) is 16.6 Å². The summed E-state index contributed by atoms with van der Waals surface area (Å²) < 4.78 is 0. The molecule has 1 heterocycles. The molecule has 2 aliphatic carbocycles. The Morgan fingerprint density at radius 2 is 1.83 bits per heavy atom. The summed E-state index contributed by atoms with van der Waals surface area (Å²) in [6, 6.07) is 8.72. The largest absolute Gasteiger partial charge is 0.339 e. The van der Waals surface area contributed by atoms with E-state index in [9.17, 15) is 4.79 Å². The third-order valence-electron chi connectivity index (χ3n) is 7.11. The van der Waals surface area contributed by atoms with E-state index in [1.807, 2.05) is 24.3 Å². The normalized spacial score (nSPS) is 30.6. The van der Waals surface area contributed by atoms with Gasteiger partial charge in [-0.25, -0.2) is 4.99 Å². The molecule has 0 amide bonds. The highest BCUT2D eigenvalue weighted by Crippen LogP contribution is 2.36. The van der Waals surface area contributed by atoms with Crippen LogP contribution in [0.4, 0.5) is 5.69 Å². The number of nitrogens with two attached hydrogens (primary N) is 1. The zero-order valence-corrected chi connectivity index (χ0v) is 17.8. The van der Waals surface area contributed by atoms with Crippen LogP contribution in [-0.2, 0) is 0 Å². The monoisotopic (exact) mass is 396 g/mol. The number of guanidine groups is 1. The van der Waals surface area contributed by atoms with Gasteiger partial charge in [-0.3, -0.25) is 4.79 Å². The first-order valence-electron chi connectivity index (χ1n) is 11.6. The summed E-state index contributed by atoms with van der Waals surface area (Å²) in [5, 5.41) is 3.61. The Balaban J connectivity index is 1.63. The summed E-state index contributed by atoms with van der Waals surface area (Å²) in [6.07, 6.45) is 12.4. The number of nitrogens with one attached hydrogen (secondary N) is 1. The molecule has 0 spiro atoms. The lowest BCUT2D eigenvalue weighted by Crippen LogP contribution is -2.52. The van der Waals surface area contributed by atoms with Gasteiger partial charge in [-0.15, -0.1) is 0 Å².